The molecule has 0 amide bonds. The molecule has 1 aromatic rings. The van der Waals surface area contributed by atoms with Crippen LogP contribution >= 0.6 is 0 Å². The maximum absolute atomic E-state index is 4.11. The lowest BCUT2D eigenvalue weighted by atomic mass is 10.1. The third kappa shape index (κ3) is 1.17. The van der Waals surface area contributed by atoms with Gasteiger partial charge in [0.15, 0.2) is 0 Å². The molecule has 2 heteroatoms. The molecular formula is C10H10N2. The first kappa shape index (κ1) is 7.26. The van der Waals surface area contributed by atoms with E-state index in [0.29, 0.717) is 0 Å². The second-order valence-corrected chi connectivity index (χ2v) is 2.89. The van der Waals surface area contributed by atoms with E-state index in [1.54, 1.807) is 0 Å². The van der Waals surface area contributed by atoms with Crippen LogP contribution in [0.5, 0.6) is 0 Å². The van der Waals surface area contributed by atoms with Crippen LogP contribution in [0.4, 0.5) is 11.4 Å². The summed E-state index contributed by atoms with van der Waals surface area (Å²) in [4.78, 5) is 8.14. The highest BCUT2D eigenvalue weighted by Crippen LogP contribution is 2.27. The molecule has 2 nitrogen and oxygen atoms in total. The summed E-state index contributed by atoms with van der Waals surface area (Å²) in [5.41, 5.74) is 3.26. The first-order valence-electron chi connectivity index (χ1n) is 4.19. The van der Waals surface area contributed by atoms with Gasteiger partial charge in [-0.3, -0.25) is 0 Å². The highest BCUT2D eigenvalue weighted by atomic mass is 14.8. The maximum atomic E-state index is 4.11. The third-order valence-corrected chi connectivity index (χ3v) is 1.93. The van der Waals surface area contributed by atoms with Gasteiger partial charge in [0, 0.05) is 0 Å². The molecule has 0 fully saturated rings. The number of aryl methyl sites for hydroxylation is 1. The van der Waals surface area contributed by atoms with Crippen molar-refractivity contribution in [2.75, 3.05) is 0 Å². The SMILES string of the molecule is CCCc1cc2ccc1N=C=N2. The van der Waals surface area contributed by atoms with Crippen LogP contribution in [0, 0.1) is 0 Å². The Morgan fingerprint density at radius 3 is 3.08 bits per heavy atom. The Labute approximate surface area is 71.7 Å². The van der Waals surface area contributed by atoms with E-state index in [9.17, 15) is 0 Å². The van der Waals surface area contributed by atoms with Crippen molar-refractivity contribution in [2.24, 2.45) is 9.98 Å². The average Bonchev–Trinajstić information content (AvgIpc) is 2.39. The largest absolute Gasteiger partial charge is 0.188 e. The lowest BCUT2D eigenvalue weighted by Gasteiger charge is -2.01. The van der Waals surface area contributed by atoms with Crippen molar-refractivity contribution >= 4 is 17.4 Å². The number of fused-ring (bicyclic) bond motifs is 2. The number of benzene rings is 1. The Hall–Kier alpha value is -1.40. The summed E-state index contributed by atoms with van der Waals surface area (Å²) in [7, 11) is 0. The Morgan fingerprint density at radius 1 is 1.33 bits per heavy atom. The van der Waals surface area contributed by atoms with E-state index in [1.165, 1.54) is 5.56 Å². The van der Waals surface area contributed by atoms with Crippen LogP contribution in [0.1, 0.15) is 18.9 Å². The highest BCUT2D eigenvalue weighted by Gasteiger charge is 2.03. The zero-order valence-electron chi connectivity index (χ0n) is 7.04. The number of aliphatic imine (C=N–C) groups is 2. The van der Waals surface area contributed by atoms with Crippen LogP contribution in [0.3, 0.4) is 0 Å². The predicted molar refractivity (Wildman–Crippen MR) is 49.6 cm³/mol. The Kier molecular flexibility index (Phi) is 1.77. The molecule has 12 heavy (non-hydrogen) atoms. The molecule has 0 aliphatic carbocycles. The van der Waals surface area contributed by atoms with Gasteiger partial charge < -0.3 is 0 Å². The first-order chi connectivity index (χ1) is 5.90. The smallest absolute Gasteiger partial charge is 0.100 e. The summed E-state index contributed by atoms with van der Waals surface area (Å²) in [6.07, 6.45) is 2.22. The molecule has 0 spiro atoms. The summed E-state index contributed by atoms with van der Waals surface area (Å²) >= 11 is 0. The summed E-state index contributed by atoms with van der Waals surface area (Å²) < 4.78 is 0. The fraction of sp³-hybridized carbons (Fsp3) is 0.300. The van der Waals surface area contributed by atoms with Gasteiger partial charge in [-0.05, 0) is 30.2 Å². The minimum absolute atomic E-state index is 0.962. The first-order valence-corrected chi connectivity index (χ1v) is 4.19. The number of rotatable bonds is 2. The minimum atomic E-state index is 0.962. The fourth-order valence-corrected chi connectivity index (χ4v) is 1.36. The third-order valence-electron chi connectivity index (χ3n) is 1.93. The van der Waals surface area contributed by atoms with Gasteiger partial charge in [0.2, 0.25) is 0 Å². The Bertz CT molecular complexity index is 360. The van der Waals surface area contributed by atoms with Gasteiger partial charge in [-0.2, -0.15) is 9.98 Å². The van der Waals surface area contributed by atoms with Crippen LogP contribution in [0.15, 0.2) is 28.2 Å². The van der Waals surface area contributed by atoms with Gasteiger partial charge in [-0.25, -0.2) is 0 Å². The second-order valence-electron chi connectivity index (χ2n) is 2.89. The monoisotopic (exact) mass is 158 g/mol. The Morgan fingerprint density at radius 2 is 2.25 bits per heavy atom. The van der Waals surface area contributed by atoms with Crippen molar-refractivity contribution in [2.45, 2.75) is 19.8 Å². The molecule has 2 bridgehead atoms. The van der Waals surface area contributed by atoms with Crippen molar-refractivity contribution in [3.8, 4) is 0 Å². The molecule has 0 aromatic heterocycles. The van der Waals surface area contributed by atoms with E-state index in [0.717, 1.165) is 24.2 Å². The molecule has 0 radical (unpaired) electrons. The van der Waals surface area contributed by atoms with E-state index in [-0.39, 0.29) is 0 Å². The van der Waals surface area contributed by atoms with Crippen LogP contribution in [0.2, 0.25) is 0 Å². The van der Waals surface area contributed by atoms with Crippen LogP contribution in [0.25, 0.3) is 0 Å². The van der Waals surface area contributed by atoms with Gasteiger partial charge in [-0.15, -0.1) is 0 Å². The zero-order chi connectivity index (χ0) is 8.39. The predicted octanol–water partition coefficient (Wildman–Crippen LogP) is 3.09. The number of nitrogens with zero attached hydrogens (tertiary/aromatic N) is 2. The van der Waals surface area contributed by atoms with Gasteiger partial charge in [-0.1, -0.05) is 13.3 Å². The summed E-state index contributed by atoms with van der Waals surface area (Å²) in [6.45, 7) is 2.17. The molecule has 0 unspecified atom stereocenters. The van der Waals surface area contributed by atoms with Crippen molar-refractivity contribution in [3.05, 3.63) is 23.8 Å². The number of hydrogen-bond acceptors (Lipinski definition) is 2. The van der Waals surface area contributed by atoms with Crippen LogP contribution in [-0.4, -0.2) is 6.01 Å². The molecular weight excluding hydrogens is 148 g/mol. The topological polar surface area (TPSA) is 24.7 Å². The highest BCUT2D eigenvalue weighted by molar-refractivity contribution is 5.66. The average molecular weight is 158 g/mol. The summed E-state index contributed by atoms with van der Waals surface area (Å²) in [5.74, 6) is 0. The van der Waals surface area contributed by atoms with Gasteiger partial charge in [0.25, 0.3) is 0 Å². The lowest BCUT2D eigenvalue weighted by Crippen LogP contribution is -1.81. The van der Waals surface area contributed by atoms with Gasteiger partial charge in [0.1, 0.15) is 6.01 Å². The molecule has 3 rings (SSSR count). The molecule has 0 saturated heterocycles. The van der Waals surface area contributed by atoms with Gasteiger partial charge in [0.05, 0.1) is 11.4 Å². The summed E-state index contributed by atoms with van der Waals surface area (Å²) in [6, 6.07) is 8.72. The molecule has 0 atom stereocenters. The van der Waals surface area contributed by atoms with Crippen molar-refractivity contribution in [1.29, 1.82) is 0 Å². The molecule has 1 aromatic carbocycles. The van der Waals surface area contributed by atoms with E-state index in [4.69, 9.17) is 0 Å². The lowest BCUT2D eigenvalue weighted by molar-refractivity contribution is 0.922. The molecule has 2 aliphatic heterocycles. The standard InChI is InChI=1S/C10H10N2/c1-2-3-8-6-9-4-5-10(8)12-7-11-9/h4-6H,2-3H2,1H3. The van der Waals surface area contributed by atoms with E-state index in [1.807, 2.05) is 12.1 Å². The van der Waals surface area contributed by atoms with Crippen LogP contribution < -0.4 is 0 Å². The second kappa shape index (κ2) is 2.92. The number of hydrogen-bond donors (Lipinski definition) is 0. The fourth-order valence-electron chi connectivity index (χ4n) is 1.36. The van der Waals surface area contributed by atoms with Crippen molar-refractivity contribution < 1.29 is 0 Å². The summed E-state index contributed by atoms with van der Waals surface area (Å²) in [5, 5.41) is 0. The van der Waals surface area contributed by atoms with E-state index in [2.05, 4.69) is 29.0 Å². The molecule has 0 N–H and O–H groups in total. The zero-order valence-corrected chi connectivity index (χ0v) is 7.04. The van der Waals surface area contributed by atoms with Crippen molar-refractivity contribution in [1.82, 2.24) is 0 Å². The minimum Gasteiger partial charge on any atom is -0.188 e. The molecule has 2 aliphatic rings. The molecule has 2 heterocycles. The quantitative estimate of drug-likeness (QED) is 0.641. The van der Waals surface area contributed by atoms with Gasteiger partial charge >= 0.3 is 0 Å². The maximum Gasteiger partial charge on any atom is 0.100 e. The van der Waals surface area contributed by atoms with Crippen molar-refractivity contribution in [3.63, 3.8) is 0 Å². The van der Waals surface area contributed by atoms with E-state index >= 15 is 0 Å². The van der Waals surface area contributed by atoms with Crippen LogP contribution in [-0.2, 0) is 6.42 Å². The Balaban J connectivity index is 2.50. The molecule has 60 valence electrons. The van der Waals surface area contributed by atoms with E-state index < -0.39 is 0 Å². The normalized spacial score (nSPS) is 12.1. The molecule has 0 saturated carbocycles.